The molecule has 7 heteroatoms. The van der Waals surface area contributed by atoms with Crippen molar-refractivity contribution in [1.82, 2.24) is 15.0 Å². The molecule has 0 radical (unpaired) electrons. The van der Waals surface area contributed by atoms with E-state index in [0.29, 0.717) is 17.9 Å². The number of nitrogen functional groups attached to an aromatic ring is 1. The number of nitrogens with zero attached hydrogens (tertiary/aromatic N) is 4. The second-order valence-electron chi connectivity index (χ2n) is 3.66. The first-order chi connectivity index (χ1) is 8.08. The Hall–Kier alpha value is -2.44. The smallest absolute Gasteiger partial charge is 0.272 e. The molecule has 0 saturated carbocycles. The molecule has 0 unspecified atom stereocenters. The first-order valence-corrected chi connectivity index (χ1v) is 4.96. The summed E-state index contributed by atoms with van der Waals surface area (Å²) >= 11 is 0. The third-order valence-electron chi connectivity index (χ3n) is 2.50. The number of hydrogen-bond acceptors (Lipinski definition) is 5. The number of nitrogens with two attached hydrogens (primary N) is 1. The molecule has 1 aromatic carbocycles. The molecule has 0 aliphatic rings. The predicted octanol–water partition coefficient (Wildman–Crippen LogP) is 1.13. The highest BCUT2D eigenvalue weighted by molar-refractivity contribution is 5.44. The van der Waals surface area contributed by atoms with Crippen LogP contribution in [-0.2, 0) is 6.54 Å². The normalized spacial score (nSPS) is 10.4. The van der Waals surface area contributed by atoms with E-state index in [1.165, 1.54) is 6.07 Å². The number of anilines is 1. The quantitative estimate of drug-likeness (QED) is 0.632. The Morgan fingerprint density at radius 1 is 1.53 bits per heavy atom. The van der Waals surface area contributed by atoms with Gasteiger partial charge in [0, 0.05) is 11.6 Å². The van der Waals surface area contributed by atoms with Crippen molar-refractivity contribution < 1.29 is 4.92 Å². The number of nitro benzene ring substituents is 1. The van der Waals surface area contributed by atoms with Gasteiger partial charge >= 0.3 is 0 Å². The van der Waals surface area contributed by atoms with Gasteiger partial charge in [0.05, 0.1) is 17.7 Å². The van der Waals surface area contributed by atoms with Crippen molar-refractivity contribution in [2.24, 2.45) is 0 Å². The molecule has 0 amide bonds. The fraction of sp³-hybridized carbons (Fsp3) is 0.200. The van der Waals surface area contributed by atoms with Gasteiger partial charge < -0.3 is 5.73 Å². The number of hydrogen-bond donors (Lipinski definition) is 1. The fourth-order valence-corrected chi connectivity index (χ4v) is 1.60. The number of benzene rings is 1. The summed E-state index contributed by atoms with van der Waals surface area (Å²) < 4.78 is 1.54. The Morgan fingerprint density at radius 2 is 2.29 bits per heavy atom. The van der Waals surface area contributed by atoms with E-state index in [0.717, 1.165) is 5.56 Å². The second-order valence-corrected chi connectivity index (χ2v) is 3.66. The zero-order valence-corrected chi connectivity index (χ0v) is 9.20. The summed E-state index contributed by atoms with van der Waals surface area (Å²) in [5.41, 5.74) is 7.01. The predicted molar refractivity (Wildman–Crippen MR) is 61.4 cm³/mol. The van der Waals surface area contributed by atoms with Gasteiger partial charge in [0.1, 0.15) is 0 Å². The van der Waals surface area contributed by atoms with Crippen LogP contribution in [0.4, 0.5) is 11.5 Å². The van der Waals surface area contributed by atoms with Crippen molar-refractivity contribution in [3.05, 3.63) is 45.6 Å². The third kappa shape index (κ3) is 2.22. The molecular weight excluding hydrogens is 222 g/mol. The van der Waals surface area contributed by atoms with E-state index in [2.05, 4.69) is 10.3 Å². The monoisotopic (exact) mass is 233 g/mol. The van der Waals surface area contributed by atoms with Gasteiger partial charge in [0.25, 0.3) is 5.69 Å². The molecule has 1 aromatic heterocycles. The fourth-order valence-electron chi connectivity index (χ4n) is 1.60. The van der Waals surface area contributed by atoms with Crippen LogP contribution in [-0.4, -0.2) is 19.9 Å². The molecule has 0 atom stereocenters. The van der Waals surface area contributed by atoms with Gasteiger partial charge in [-0.05, 0) is 12.5 Å². The minimum Gasteiger partial charge on any atom is -0.381 e. The maximum atomic E-state index is 10.8. The molecule has 2 rings (SSSR count). The number of rotatable bonds is 3. The lowest BCUT2D eigenvalue weighted by atomic mass is 10.1. The zero-order valence-electron chi connectivity index (χ0n) is 9.20. The van der Waals surface area contributed by atoms with Gasteiger partial charge in [-0.25, -0.2) is 4.68 Å². The Balaban J connectivity index is 2.33. The van der Waals surface area contributed by atoms with Crippen LogP contribution < -0.4 is 5.73 Å². The average Bonchev–Trinajstić information content (AvgIpc) is 2.67. The highest BCUT2D eigenvalue weighted by Crippen LogP contribution is 2.21. The summed E-state index contributed by atoms with van der Waals surface area (Å²) in [6, 6.07) is 4.95. The van der Waals surface area contributed by atoms with E-state index in [4.69, 9.17) is 5.73 Å². The number of aromatic nitrogens is 3. The average molecular weight is 233 g/mol. The highest BCUT2D eigenvalue weighted by atomic mass is 16.6. The van der Waals surface area contributed by atoms with E-state index >= 15 is 0 Å². The van der Waals surface area contributed by atoms with Crippen LogP contribution in [0.3, 0.4) is 0 Å². The van der Waals surface area contributed by atoms with Gasteiger partial charge in [-0.2, -0.15) is 0 Å². The van der Waals surface area contributed by atoms with Crippen molar-refractivity contribution in [3.8, 4) is 0 Å². The van der Waals surface area contributed by atoms with Crippen LogP contribution in [0.25, 0.3) is 0 Å². The summed E-state index contributed by atoms with van der Waals surface area (Å²) in [6.45, 7) is 2.13. The minimum absolute atomic E-state index is 0.107. The van der Waals surface area contributed by atoms with E-state index in [9.17, 15) is 10.1 Å². The van der Waals surface area contributed by atoms with Gasteiger partial charge in [-0.1, -0.05) is 17.3 Å². The van der Waals surface area contributed by atoms with Crippen molar-refractivity contribution in [2.45, 2.75) is 13.5 Å². The standard InChI is InChI=1S/C10H11N5O2/c1-7-8(3-2-4-9(7)15(16)17)5-14-6-10(11)12-13-14/h2-4,6H,5,11H2,1H3. The molecule has 0 bridgehead atoms. The van der Waals surface area contributed by atoms with Crippen molar-refractivity contribution in [1.29, 1.82) is 0 Å². The molecule has 88 valence electrons. The molecule has 0 saturated heterocycles. The van der Waals surface area contributed by atoms with E-state index in [1.807, 2.05) is 6.07 Å². The molecule has 0 spiro atoms. The summed E-state index contributed by atoms with van der Waals surface area (Å²) in [4.78, 5) is 10.4. The second kappa shape index (κ2) is 4.20. The molecule has 17 heavy (non-hydrogen) atoms. The largest absolute Gasteiger partial charge is 0.381 e. The van der Waals surface area contributed by atoms with E-state index < -0.39 is 4.92 Å². The van der Waals surface area contributed by atoms with Gasteiger partial charge in [-0.15, -0.1) is 5.10 Å². The van der Waals surface area contributed by atoms with Crippen LogP contribution in [0.2, 0.25) is 0 Å². The maximum absolute atomic E-state index is 10.8. The zero-order chi connectivity index (χ0) is 12.4. The first-order valence-electron chi connectivity index (χ1n) is 4.96. The Morgan fingerprint density at radius 3 is 2.88 bits per heavy atom. The molecule has 0 aliphatic carbocycles. The Labute approximate surface area is 97.0 Å². The summed E-state index contributed by atoms with van der Waals surface area (Å²) in [5, 5.41) is 18.2. The molecule has 1 heterocycles. The molecule has 2 N–H and O–H groups in total. The molecule has 7 nitrogen and oxygen atoms in total. The topological polar surface area (TPSA) is 99.9 Å². The third-order valence-corrected chi connectivity index (χ3v) is 2.50. The molecule has 0 aliphatic heterocycles. The summed E-state index contributed by atoms with van der Waals surface area (Å²) in [7, 11) is 0. The minimum atomic E-state index is -0.394. The summed E-state index contributed by atoms with van der Waals surface area (Å²) in [5.74, 6) is 0.327. The molecular formula is C10H11N5O2. The summed E-state index contributed by atoms with van der Waals surface area (Å²) in [6.07, 6.45) is 1.58. The lowest BCUT2D eigenvalue weighted by Crippen LogP contribution is -2.04. The van der Waals surface area contributed by atoms with Crippen molar-refractivity contribution in [3.63, 3.8) is 0 Å². The van der Waals surface area contributed by atoms with Crippen LogP contribution >= 0.6 is 0 Å². The number of nitro groups is 1. The Kier molecular flexibility index (Phi) is 2.73. The highest BCUT2D eigenvalue weighted by Gasteiger charge is 2.13. The van der Waals surface area contributed by atoms with Crippen LogP contribution in [0, 0.1) is 17.0 Å². The lowest BCUT2D eigenvalue weighted by molar-refractivity contribution is -0.385. The van der Waals surface area contributed by atoms with Crippen molar-refractivity contribution >= 4 is 11.5 Å². The van der Waals surface area contributed by atoms with Gasteiger partial charge in [-0.3, -0.25) is 10.1 Å². The first kappa shape index (κ1) is 11.1. The van der Waals surface area contributed by atoms with Crippen molar-refractivity contribution in [2.75, 3.05) is 5.73 Å². The van der Waals surface area contributed by atoms with Crippen LogP contribution in [0.1, 0.15) is 11.1 Å². The van der Waals surface area contributed by atoms with Gasteiger partial charge in [0.2, 0.25) is 0 Å². The molecule has 2 aromatic rings. The van der Waals surface area contributed by atoms with E-state index in [-0.39, 0.29) is 5.69 Å². The maximum Gasteiger partial charge on any atom is 0.272 e. The Bertz CT molecular complexity index is 564. The molecule has 0 fully saturated rings. The van der Waals surface area contributed by atoms with Crippen LogP contribution in [0.5, 0.6) is 0 Å². The van der Waals surface area contributed by atoms with E-state index in [1.54, 1.807) is 23.9 Å². The van der Waals surface area contributed by atoms with Crippen LogP contribution in [0.15, 0.2) is 24.4 Å². The van der Waals surface area contributed by atoms with Gasteiger partial charge in [0.15, 0.2) is 5.82 Å². The lowest BCUT2D eigenvalue weighted by Gasteiger charge is -2.05. The SMILES string of the molecule is Cc1c(Cn2cc(N)nn2)cccc1[N+](=O)[O-].